The van der Waals surface area contributed by atoms with Crippen molar-refractivity contribution in [1.29, 1.82) is 0 Å². The van der Waals surface area contributed by atoms with Crippen LogP contribution in [0.4, 0.5) is 28.0 Å². The van der Waals surface area contributed by atoms with Crippen LogP contribution < -0.4 is 10.9 Å². The fraction of sp³-hybridized carbons (Fsp3) is 0.400. The van der Waals surface area contributed by atoms with Crippen molar-refractivity contribution in [3.63, 3.8) is 0 Å². The Balaban J connectivity index is 1.99. The Morgan fingerprint density at radius 1 is 1.33 bits per heavy atom. The Labute approximate surface area is 175 Å². The highest BCUT2D eigenvalue weighted by Gasteiger charge is 2.42. The minimum atomic E-state index is -4.73. The van der Waals surface area contributed by atoms with Crippen LogP contribution in [0.25, 0.3) is 0 Å². The van der Waals surface area contributed by atoms with Gasteiger partial charge in [-0.1, -0.05) is 25.4 Å². The number of amides is 2. The molecule has 1 heterocycles. The number of alkyl halides is 3. The van der Waals surface area contributed by atoms with E-state index in [9.17, 15) is 27.2 Å². The Bertz CT molecular complexity index is 1020. The lowest BCUT2D eigenvalue weighted by Crippen LogP contribution is -2.40. The molecule has 3 rings (SSSR count). The maximum Gasteiger partial charge on any atom is 0.417 e. The predicted molar refractivity (Wildman–Crippen MR) is 105 cm³/mol. The number of fused-ring (bicyclic) bond motifs is 1. The number of hydrogen-bond acceptors (Lipinski definition) is 2. The molecule has 1 atom stereocenters. The summed E-state index contributed by atoms with van der Waals surface area (Å²) in [5.41, 5.74) is -1.55. The molecule has 0 bridgehead atoms. The number of hydrogen-bond donors (Lipinski definition) is 2. The van der Waals surface area contributed by atoms with E-state index < -0.39 is 35.2 Å². The largest absolute Gasteiger partial charge is 0.417 e. The zero-order valence-corrected chi connectivity index (χ0v) is 17.0. The Morgan fingerprint density at radius 3 is 2.63 bits per heavy atom. The van der Waals surface area contributed by atoms with E-state index in [0.717, 1.165) is 6.07 Å². The molecule has 0 unspecified atom stereocenters. The summed E-state index contributed by atoms with van der Waals surface area (Å²) in [4.78, 5) is 28.5. The third kappa shape index (κ3) is 4.61. The first-order valence-electron chi connectivity index (χ1n) is 9.33. The number of carbonyl (C=O) groups is 1. The number of H-pyrrole nitrogens is 1. The predicted octanol–water partition coefficient (Wildman–Crippen LogP) is 5.36. The van der Waals surface area contributed by atoms with Crippen molar-refractivity contribution in [3.05, 3.63) is 62.3 Å². The first-order chi connectivity index (χ1) is 14.0. The molecular formula is C20H20ClF4N3O2. The number of pyridine rings is 1. The van der Waals surface area contributed by atoms with E-state index in [4.69, 9.17) is 11.6 Å². The van der Waals surface area contributed by atoms with E-state index in [1.165, 1.54) is 17.0 Å². The number of rotatable bonds is 4. The number of benzene rings is 1. The quantitative estimate of drug-likeness (QED) is 0.622. The van der Waals surface area contributed by atoms with E-state index in [2.05, 4.69) is 10.3 Å². The third-order valence-corrected chi connectivity index (χ3v) is 5.13. The fourth-order valence-corrected chi connectivity index (χ4v) is 3.87. The summed E-state index contributed by atoms with van der Waals surface area (Å²) in [5, 5.41) is 2.39. The molecule has 0 spiro atoms. The molecular weight excluding hydrogens is 426 g/mol. The summed E-state index contributed by atoms with van der Waals surface area (Å²) in [7, 11) is 0. The molecule has 2 N–H and O–H groups in total. The Hall–Kier alpha value is -2.55. The molecule has 162 valence electrons. The summed E-state index contributed by atoms with van der Waals surface area (Å²) in [6.45, 7) is 3.85. The molecule has 1 aromatic heterocycles. The first kappa shape index (κ1) is 22.1. The monoisotopic (exact) mass is 445 g/mol. The molecule has 0 radical (unpaired) electrons. The lowest BCUT2D eigenvalue weighted by Gasteiger charge is -2.32. The molecule has 30 heavy (non-hydrogen) atoms. The molecule has 10 heteroatoms. The standard InChI is InChI=1S/C20H20ClF4N3O2/c1-10(2)9-28(19(30)26-11-3-4-14(22)13(21)7-11)16-6-5-15-18(16)12(20(23,24)25)8-17(29)27-15/h3-4,7-8,10,16H,5-6,9H2,1-2H3,(H,26,30)(H,27,29)/t16-/m0/s1. The van der Waals surface area contributed by atoms with Gasteiger partial charge < -0.3 is 15.2 Å². The number of urea groups is 1. The van der Waals surface area contributed by atoms with Crippen LogP contribution >= 0.6 is 11.6 Å². The number of halogens is 5. The number of carbonyl (C=O) groups excluding carboxylic acids is 1. The highest BCUT2D eigenvalue weighted by atomic mass is 35.5. The van der Waals surface area contributed by atoms with E-state index in [1.807, 2.05) is 13.8 Å². The van der Waals surface area contributed by atoms with Crippen LogP contribution in [-0.2, 0) is 12.6 Å². The van der Waals surface area contributed by atoms with E-state index in [1.54, 1.807) is 0 Å². The van der Waals surface area contributed by atoms with Crippen LogP contribution in [0, 0.1) is 11.7 Å². The van der Waals surface area contributed by atoms with Gasteiger partial charge in [0.1, 0.15) is 5.82 Å². The maximum atomic E-state index is 13.6. The van der Waals surface area contributed by atoms with Gasteiger partial charge in [0.15, 0.2) is 0 Å². The summed E-state index contributed by atoms with van der Waals surface area (Å²) < 4.78 is 54.3. The smallest absolute Gasteiger partial charge is 0.326 e. The first-order valence-corrected chi connectivity index (χ1v) is 9.71. The van der Waals surface area contributed by atoms with Crippen molar-refractivity contribution in [3.8, 4) is 0 Å². The van der Waals surface area contributed by atoms with Gasteiger partial charge in [0.05, 0.1) is 16.6 Å². The van der Waals surface area contributed by atoms with Crippen LogP contribution in [0.15, 0.2) is 29.1 Å². The summed E-state index contributed by atoms with van der Waals surface area (Å²) in [6, 6.07) is 2.65. The van der Waals surface area contributed by atoms with Gasteiger partial charge in [0.25, 0.3) is 0 Å². The van der Waals surface area contributed by atoms with Gasteiger partial charge in [-0.25, -0.2) is 9.18 Å². The number of anilines is 1. The number of aryl methyl sites for hydroxylation is 1. The molecule has 1 aliphatic carbocycles. The molecule has 5 nitrogen and oxygen atoms in total. The average molecular weight is 446 g/mol. The van der Waals surface area contributed by atoms with Gasteiger partial charge in [-0.15, -0.1) is 0 Å². The second kappa shape index (κ2) is 8.29. The third-order valence-electron chi connectivity index (χ3n) is 4.84. The summed E-state index contributed by atoms with van der Waals surface area (Å²) in [5.74, 6) is -0.689. The SMILES string of the molecule is CC(C)CN(C(=O)Nc1ccc(F)c(Cl)c1)[C@H]1CCc2[nH]c(=O)cc(C(F)(F)F)c21. The maximum absolute atomic E-state index is 13.6. The number of aromatic amines is 1. The van der Waals surface area contributed by atoms with Crippen molar-refractivity contribution in [2.24, 2.45) is 5.92 Å². The van der Waals surface area contributed by atoms with Gasteiger partial charge in [-0.05, 0) is 37.0 Å². The van der Waals surface area contributed by atoms with Crippen LogP contribution in [0.2, 0.25) is 5.02 Å². The highest BCUT2D eigenvalue weighted by Crippen LogP contribution is 2.43. The van der Waals surface area contributed by atoms with Crippen LogP contribution in [0.3, 0.4) is 0 Å². The van der Waals surface area contributed by atoms with Crippen LogP contribution in [0.5, 0.6) is 0 Å². The summed E-state index contributed by atoms with van der Waals surface area (Å²) >= 11 is 5.74. The van der Waals surface area contributed by atoms with Gasteiger partial charge in [0, 0.05) is 29.6 Å². The minimum absolute atomic E-state index is 0.0336. The van der Waals surface area contributed by atoms with Crippen LogP contribution in [0.1, 0.15) is 43.1 Å². The lowest BCUT2D eigenvalue weighted by atomic mass is 10.0. The molecule has 2 aromatic rings. The molecule has 1 aliphatic rings. The average Bonchev–Trinajstić information content (AvgIpc) is 3.04. The molecule has 0 saturated carbocycles. The van der Waals surface area contributed by atoms with E-state index >= 15 is 0 Å². The van der Waals surface area contributed by atoms with Gasteiger partial charge in [-0.2, -0.15) is 13.2 Å². The fourth-order valence-electron chi connectivity index (χ4n) is 3.69. The van der Waals surface area contributed by atoms with Gasteiger partial charge >= 0.3 is 12.2 Å². The van der Waals surface area contributed by atoms with Crippen molar-refractivity contribution in [2.45, 2.75) is 38.9 Å². The van der Waals surface area contributed by atoms with Gasteiger partial charge in [0.2, 0.25) is 5.56 Å². The van der Waals surface area contributed by atoms with Crippen molar-refractivity contribution < 1.29 is 22.4 Å². The second-order valence-electron chi connectivity index (χ2n) is 7.60. The highest BCUT2D eigenvalue weighted by molar-refractivity contribution is 6.31. The van der Waals surface area contributed by atoms with Crippen molar-refractivity contribution in [2.75, 3.05) is 11.9 Å². The zero-order chi connectivity index (χ0) is 22.2. The molecule has 1 aromatic carbocycles. The van der Waals surface area contributed by atoms with E-state index in [0.29, 0.717) is 6.07 Å². The number of aromatic nitrogens is 1. The Morgan fingerprint density at radius 2 is 2.03 bits per heavy atom. The van der Waals surface area contributed by atoms with Gasteiger partial charge in [-0.3, -0.25) is 4.79 Å². The minimum Gasteiger partial charge on any atom is -0.326 e. The zero-order valence-electron chi connectivity index (χ0n) is 16.2. The second-order valence-corrected chi connectivity index (χ2v) is 8.00. The van der Waals surface area contributed by atoms with E-state index in [-0.39, 0.29) is 47.3 Å². The van der Waals surface area contributed by atoms with Crippen molar-refractivity contribution >= 4 is 23.3 Å². The lowest BCUT2D eigenvalue weighted by molar-refractivity contribution is -0.138. The normalized spacial score (nSPS) is 15.9. The topological polar surface area (TPSA) is 65.2 Å². The number of nitrogens with one attached hydrogen (secondary N) is 2. The molecule has 0 fully saturated rings. The van der Waals surface area contributed by atoms with Crippen LogP contribution in [-0.4, -0.2) is 22.5 Å². The Kier molecular flexibility index (Phi) is 6.12. The summed E-state index contributed by atoms with van der Waals surface area (Å²) in [6.07, 6.45) is -4.28. The molecule has 2 amide bonds. The van der Waals surface area contributed by atoms with Crippen molar-refractivity contribution in [1.82, 2.24) is 9.88 Å². The molecule has 0 aliphatic heterocycles. The number of nitrogens with zero attached hydrogens (tertiary/aromatic N) is 1. The molecule has 0 saturated heterocycles.